The van der Waals surface area contributed by atoms with Crippen molar-refractivity contribution < 1.29 is 19.4 Å². The number of esters is 1. The molecule has 0 spiro atoms. The van der Waals surface area contributed by atoms with Gasteiger partial charge in [-0.2, -0.15) is 0 Å². The second kappa shape index (κ2) is 5.66. The third-order valence-electron chi connectivity index (χ3n) is 3.81. The molecule has 106 valence electrons. The minimum Gasteiger partial charge on any atom is -0.462 e. The van der Waals surface area contributed by atoms with Crippen LogP contribution in [0.4, 0.5) is 0 Å². The first kappa shape index (κ1) is 14.6. The molecule has 0 aliphatic carbocycles. The molecule has 0 unspecified atom stereocenters. The van der Waals surface area contributed by atoms with Gasteiger partial charge in [0.25, 0.3) is 0 Å². The number of carbonyl (C=O) groups excluding carboxylic acids is 1. The van der Waals surface area contributed by atoms with Crippen LogP contribution in [0.25, 0.3) is 0 Å². The SMILES string of the molecule is C#C[C@]1(O)C(=O)OC[C@]1(C)CCOCc1ccccc1. The van der Waals surface area contributed by atoms with E-state index in [-0.39, 0.29) is 6.61 Å². The maximum Gasteiger partial charge on any atom is 0.351 e. The Kier molecular flexibility index (Phi) is 4.12. The van der Waals surface area contributed by atoms with E-state index in [4.69, 9.17) is 15.9 Å². The van der Waals surface area contributed by atoms with Crippen LogP contribution in [0.3, 0.4) is 0 Å². The number of carbonyl (C=O) groups is 1. The molecule has 1 aliphatic heterocycles. The zero-order valence-corrected chi connectivity index (χ0v) is 11.5. The van der Waals surface area contributed by atoms with Crippen LogP contribution in [0.5, 0.6) is 0 Å². The first-order valence-electron chi connectivity index (χ1n) is 6.51. The van der Waals surface area contributed by atoms with E-state index < -0.39 is 17.0 Å². The molecule has 2 rings (SSSR count). The normalized spacial score (nSPS) is 28.9. The van der Waals surface area contributed by atoms with Crippen molar-refractivity contribution in [3.8, 4) is 12.3 Å². The average molecular weight is 274 g/mol. The highest BCUT2D eigenvalue weighted by atomic mass is 16.6. The highest BCUT2D eigenvalue weighted by Gasteiger charge is 2.58. The number of terminal acetylenes is 1. The van der Waals surface area contributed by atoms with Gasteiger partial charge in [0.2, 0.25) is 5.60 Å². The molecule has 4 nitrogen and oxygen atoms in total. The highest BCUT2D eigenvalue weighted by molar-refractivity contribution is 5.86. The highest BCUT2D eigenvalue weighted by Crippen LogP contribution is 2.41. The number of rotatable bonds is 5. The van der Waals surface area contributed by atoms with Gasteiger partial charge >= 0.3 is 5.97 Å². The molecule has 1 heterocycles. The van der Waals surface area contributed by atoms with E-state index in [2.05, 4.69) is 5.92 Å². The molecule has 0 amide bonds. The van der Waals surface area contributed by atoms with Gasteiger partial charge < -0.3 is 14.6 Å². The topological polar surface area (TPSA) is 55.8 Å². The van der Waals surface area contributed by atoms with Crippen LogP contribution in [0.2, 0.25) is 0 Å². The summed E-state index contributed by atoms with van der Waals surface area (Å²) in [6.45, 7) is 2.73. The van der Waals surface area contributed by atoms with E-state index in [9.17, 15) is 9.90 Å². The summed E-state index contributed by atoms with van der Waals surface area (Å²) in [7, 11) is 0. The Morgan fingerprint density at radius 1 is 1.45 bits per heavy atom. The molecule has 1 aromatic rings. The van der Waals surface area contributed by atoms with Crippen LogP contribution < -0.4 is 0 Å². The fraction of sp³-hybridized carbons (Fsp3) is 0.438. The van der Waals surface area contributed by atoms with Crippen molar-refractivity contribution >= 4 is 5.97 Å². The summed E-state index contributed by atoms with van der Waals surface area (Å²) in [4.78, 5) is 11.5. The minimum atomic E-state index is -1.86. The summed E-state index contributed by atoms with van der Waals surface area (Å²) in [6, 6.07) is 9.78. The van der Waals surface area contributed by atoms with Crippen LogP contribution in [-0.2, 0) is 20.9 Å². The third kappa shape index (κ3) is 2.55. The Morgan fingerprint density at radius 3 is 2.80 bits per heavy atom. The lowest BCUT2D eigenvalue weighted by Crippen LogP contribution is -2.47. The van der Waals surface area contributed by atoms with Gasteiger partial charge in [0.05, 0.1) is 12.0 Å². The number of aliphatic hydroxyl groups is 1. The Morgan fingerprint density at radius 2 is 2.15 bits per heavy atom. The predicted octanol–water partition coefficient (Wildman–Crippen LogP) is 1.52. The molecule has 1 fully saturated rings. The van der Waals surface area contributed by atoms with E-state index in [1.54, 1.807) is 6.92 Å². The monoisotopic (exact) mass is 274 g/mol. The van der Waals surface area contributed by atoms with Gasteiger partial charge in [-0.05, 0) is 12.0 Å². The number of hydrogen-bond donors (Lipinski definition) is 1. The van der Waals surface area contributed by atoms with E-state index >= 15 is 0 Å². The second-order valence-electron chi connectivity index (χ2n) is 5.28. The lowest BCUT2D eigenvalue weighted by Gasteiger charge is -2.30. The summed E-state index contributed by atoms with van der Waals surface area (Å²) in [5, 5.41) is 10.2. The van der Waals surface area contributed by atoms with Gasteiger partial charge in [-0.25, -0.2) is 4.79 Å². The average Bonchev–Trinajstić information content (AvgIpc) is 2.70. The summed E-state index contributed by atoms with van der Waals surface area (Å²) in [6.07, 6.45) is 5.74. The number of cyclic esters (lactones) is 1. The molecule has 0 aromatic heterocycles. The molecule has 1 aliphatic rings. The zero-order chi connectivity index (χ0) is 14.6. The maximum absolute atomic E-state index is 11.5. The van der Waals surface area contributed by atoms with Gasteiger partial charge in [-0.1, -0.05) is 43.2 Å². The van der Waals surface area contributed by atoms with Gasteiger partial charge in [0, 0.05) is 6.61 Å². The molecule has 0 bridgehead atoms. The van der Waals surface area contributed by atoms with Crippen molar-refractivity contribution in [2.75, 3.05) is 13.2 Å². The lowest BCUT2D eigenvalue weighted by atomic mass is 9.74. The standard InChI is InChI=1S/C16H18O4/c1-3-16(18)14(17)20-12-15(16,2)9-10-19-11-13-7-5-4-6-8-13/h1,4-8,18H,9-12H2,2H3/t15-,16-/m0/s1. The van der Waals surface area contributed by atoms with Crippen molar-refractivity contribution in [1.29, 1.82) is 0 Å². The number of benzene rings is 1. The molecule has 1 N–H and O–H groups in total. The van der Waals surface area contributed by atoms with E-state index in [1.807, 2.05) is 30.3 Å². The number of hydrogen-bond acceptors (Lipinski definition) is 4. The van der Waals surface area contributed by atoms with E-state index in [1.165, 1.54) is 0 Å². The third-order valence-corrected chi connectivity index (χ3v) is 3.81. The fourth-order valence-electron chi connectivity index (χ4n) is 2.23. The predicted molar refractivity (Wildman–Crippen MR) is 73.6 cm³/mol. The molecule has 0 saturated carbocycles. The van der Waals surface area contributed by atoms with Crippen LogP contribution in [0.15, 0.2) is 30.3 Å². The minimum absolute atomic E-state index is 0.112. The molecule has 4 heteroatoms. The van der Waals surface area contributed by atoms with E-state index in [0.29, 0.717) is 19.6 Å². The summed E-state index contributed by atoms with van der Waals surface area (Å²) in [5.41, 5.74) is -1.60. The largest absolute Gasteiger partial charge is 0.462 e. The lowest BCUT2D eigenvalue weighted by molar-refractivity contribution is -0.150. The molecular formula is C16H18O4. The number of ether oxygens (including phenoxy) is 2. The fourth-order valence-corrected chi connectivity index (χ4v) is 2.23. The van der Waals surface area contributed by atoms with Crippen LogP contribution in [-0.4, -0.2) is 29.9 Å². The van der Waals surface area contributed by atoms with E-state index in [0.717, 1.165) is 5.56 Å². The van der Waals surface area contributed by atoms with Gasteiger partial charge in [0.15, 0.2) is 0 Å². The Labute approximate surface area is 118 Å². The maximum atomic E-state index is 11.5. The Bertz CT molecular complexity index is 519. The van der Waals surface area contributed by atoms with Crippen LogP contribution >= 0.6 is 0 Å². The van der Waals surface area contributed by atoms with Crippen molar-refractivity contribution in [1.82, 2.24) is 0 Å². The van der Waals surface area contributed by atoms with Gasteiger partial charge in [-0.15, -0.1) is 6.42 Å². The quantitative estimate of drug-likeness (QED) is 0.502. The van der Waals surface area contributed by atoms with Crippen molar-refractivity contribution in [3.05, 3.63) is 35.9 Å². The molecular weight excluding hydrogens is 256 g/mol. The Hall–Kier alpha value is -1.83. The Balaban J connectivity index is 1.88. The molecule has 1 aromatic carbocycles. The van der Waals surface area contributed by atoms with Crippen LogP contribution in [0, 0.1) is 17.8 Å². The van der Waals surface area contributed by atoms with Crippen molar-refractivity contribution in [2.24, 2.45) is 5.41 Å². The van der Waals surface area contributed by atoms with Gasteiger partial charge in [0.1, 0.15) is 6.61 Å². The molecule has 2 atom stereocenters. The molecule has 0 radical (unpaired) electrons. The first-order valence-corrected chi connectivity index (χ1v) is 6.51. The van der Waals surface area contributed by atoms with Gasteiger partial charge in [-0.3, -0.25) is 0 Å². The zero-order valence-electron chi connectivity index (χ0n) is 11.5. The summed E-state index contributed by atoms with van der Waals surface area (Å²) >= 11 is 0. The molecule has 1 saturated heterocycles. The van der Waals surface area contributed by atoms with Crippen molar-refractivity contribution in [2.45, 2.75) is 25.6 Å². The summed E-state index contributed by atoms with van der Waals surface area (Å²) in [5.74, 6) is 1.42. The van der Waals surface area contributed by atoms with Crippen LogP contribution in [0.1, 0.15) is 18.9 Å². The smallest absolute Gasteiger partial charge is 0.351 e. The first-order chi connectivity index (χ1) is 9.52. The second-order valence-corrected chi connectivity index (χ2v) is 5.28. The van der Waals surface area contributed by atoms with Crippen molar-refractivity contribution in [3.63, 3.8) is 0 Å². The molecule has 20 heavy (non-hydrogen) atoms. The summed E-state index contributed by atoms with van der Waals surface area (Å²) < 4.78 is 10.5.